The van der Waals surface area contributed by atoms with Gasteiger partial charge < -0.3 is 14.2 Å². The summed E-state index contributed by atoms with van der Waals surface area (Å²) in [6.45, 7) is 8.33. The van der Waals surface area contributed by atoms with Crippen LogP contribution in [0.3, 0.4) is 0 Å². The molecular weight excluding hydrogens is 322 g/mol. The quantitative estimate of drug-likeness (QED) is 0.706. The van der Waals surface area contributed by atoms with E-state index in [0.29, 0.717) is 19.6 Å². The number of hydrogen-bond donors (Lipinski definition) is 0. The van der Waals surface area contributed by atoms with Gasteiger partial charge in [-0.3, -0.25) is 4.90 Å². The number of hydrogen-bond acceptors (Lipinski definition) is 5. The fourth-order valence-electron chi connectivity index (χ4n) is 2.29. The molecule has 6 nitrogen and oxygen atoms in total. The smallest absolute Gasteiger partial charge is 0.410 e. The van der Waals surface area contributed by atoms with E-state index in [1.165, 1.54) is 12.0 Å². The van der Waals surface area contributed by atoms with Crippen LogP contribution in [-0.4, -0.2) is 49.4 Å². The minimum absolute atomic E-state index is 0.325. The van der Waals surface area contributed by atoms with Crippen molar-refractivity contribution in [1.29, 1.82) is 0 Å². The number of likely N-dealkylation sites (N-methyl/N-ethyl adjacent to an activating group) is 1. The first-order valence-corrected chi connectivity index (χ1v) is 8.37. The van der Waals surface area contributed by atoms with Crippen LogP contribution in [0.25, 0.3) is 0 Å². The van der Waals surface area contributed by atoms with Crippen molar-refractivity contribution in [2.75, 3.05) is 20.8 Å². The van der Waals surface area contributed by atoms with E-state index in [4.69, 9.17) is 14.2 Å². The molecule has 0 heterocycles. The standard InChI is InChI=1S/C19H29NO5/c1-7-24-13-15-11-9-8-10-14(15)12-16(17(21)23-6)20(5)18(22)25-19(2,3)4/h8-11,16H,7,12-13H2,1-6H3/t16-/m0/s1. The Bertz CT molecular complexity index is 579. The van der Waals surface area contributed by atoms with Crippen molar-refractivity contribution >= 4 is 12.1 Å². The zero-order valence-electron chi connectivity index (χ0n) is 16.0. The van der Waals surface area contributed by atoms with Crippen LogP contribution in [0.15, 0.2) is 24.3 Å². The molecule has 0 bridgehead atoms. The molecule has 0 saturated heterocycles. The van der Waals surface area contributed by atoms with Crippen molar-refractivity contribution in [2.45, 2.75) is 52.4 Å². The van der Waals surface area contributed by atoms with Crippen LogP contribution in [-0.2, 0) is 32.0 Å². The second kappa shape index (κ2) is 9.42. The van der Waals surface area contributed by atoms with E-state index in [0.717, 1.165) is 11.1 Å². The van der Waals surface area contributed by atoms with Crippen molar-refractivity contribution in [3.05, 3.63) is 35.4 Å². The van der Waals surface area contributed by atoms with Gasteiger partial charge in [0.2, 0.25) is 0 Å². The summed E-state index contributed by atoms with van der Waals surface area (Å²) in [7, 11) is 2.85. The maximum atomic E-state index is 12.3. The Labute approximate surface area is 150 Å². The summed E-state index contributed by atoms with van der Waals surface area (Å²) in [6, 6.07) is 6.91. The van der Waals surface area contributed by atoms with Gasteiger partial charge in [-0.25, -0.2) is 9.59 Å². The van der Waals surface area contributed by atoms with Crippen molar-refractivity contribution in [3.63, 3.8) is 0 Å². The molecule has 1 aromatic carbocycles. The van der Waals surface area contributed by atoms with Gasteiger partial charge in [0.25, 0.3) is 0 Å². The third-order valence-corrected chi connectivity index (χ3v) is 3.62. The van der Waals surface area contributed by atoms with E-state index in [1.54, 1.807) is 27.8 Å². The second-order valence-electron chi connectivity index (χ2n) is 6.74. The lowest BCUT2D eigenvalue weighted by atomic mass is 10.00. The van der Waals surface area contributed by atoms with Gasteiger partial charge in [-0.05, 0) is 38.8 Å². The summed E-state index contributed by atoms with van der Waals surface area (Å²) in [6.07, 6.45) is -0.240. The number of amides is 1. The summed E-state index contributed by atoms with van der Waals surface area (Å²) in [5.74, 6) is -0.487. The van der Waals surface area contributed by atoms with Crippen molar-refractivity contribution in [2.24, 2.45) is 0 Å². The molecule has 140 valence electrons. The van der Waals surface area contributed by atoms with Crippen LogP contribution < -0.4 is 0 Å². The molecule has 0 fully saturated rings. The molecule has 1 amide bonds. The molecule has 0 saturated carbocycles. The Morgan fingerprint density at radius 1 is 1.16 bits per heavy atom. The largest absolute Gasteiger partial charge is 0.467 e. The van der Waals surface area contributed by atoms with Crippen molar-refractivity contribution < 1.29 is 23.8 Å². The topological polar surface area (TPSA) is 65.1 Å². The van der Waals surface area contributed by atoms with E-state index < -0.39 is 23.7 Å². The number of rotatable bonds is 7. The summed E-state index contributed by atoms with van der Waals surface area (Å²) in [5, 5.41) is 0. The molecule has 1 aromatic rings. The molecule has 0 radical (unpaired) electrons. The monoisotopic (exact) mass is 351 g/mol. The van der Waals surface area contributed by atoms with E-state index in [9.17, 15) is 9.59 Å². The Kier molecular flexibility index (Phi) is 7.90. The highest BCUT2D eigenvalue weighted by atomic mass is 16.6. The number of ether oxygens (including phenoxy) is 3. The van der Waals surface area contributed by atoms with E-state index in [1.807, 2.05) is 31.2 Å². The van der Waals surface area contributed by atoms with Crippen LogP contribution in [0.4, 0.5) is 4.79 Å². The van der Waals surface area contributed by atoms with Crippen molar-refractivity contribution in [1.82, 2.24) is 4.90 Å². The number of esters is 1. The zero-order chi connectivity index (χ0) is 19.0. The van der Waals surface area contributed by atoms with Crippen LogP contribution in [0.1, 0.15) is 38.8 Å². The molecule has 0 aliphatic rings. The minimum Gasteiger partial charge on any atom is -0.467 e. The molecule has 1 rings (SSSR count). The van der Waals surface area contributed by atoms with Crippen LogP contribution in [0.2, 0.25) is 0 Å². The predicted octanol–water partition coefficient (Wildman–Crippen LogP) is 3.17. The summed E-state index contributed by atoms with van der Waals surface area (Å²) in [5.41, 5.74) is 1.27. The molecule has 0 spiro atoms. The summed E-state index contributed by atoms with van der Waals surface area (Å²) in [4.78, 5) is 25.9. The lowest BCUT2D eigenvalue weighted by Gasteiger charge is -2.29. The number of methoxy groups -OCH3 is 1. The molecule has 6 heteroatoms. The average molecular weight is 351 g/mol. The molecule has 0 aliphatic heterocycles. The van der Waals surface area contributed by atoms with Gasteiger partial charge in [0.05, 0.1) is 13.7 Å². The Balaban J connectivity index is 3.01. The Morgan fingerprint density at radius 3 is 2.28 bits per heavy atom. The second-order valence-corrected chi connectivity index (χ2v) is 6.74. The Hall–Kier alpha value is -2.08. The number of nitrogens with zero attached hydrogens (tertiary/aromatic N) is 1. The van der Waals surface area contributed by atoms with Gasteiger partial charge in [-0.2, -0.15) is 0 Å². The lowest BCUT2D eigenvalue weighted by Crippen LogP contribution is -2.46. The molecule has 0 aromatic heterocycles. The molecule has 0 N–H and O–H groups in total. The van der Waals surface area contributed by atoms with Gasteiger partial charge in [-0.1, -0.05) is 24.3 Å². The molecule has 0 aliphatic carbocycles. The average Bonchev–Trinajstić information content (AvgIpc) is 2.55. The number of carbonyl (C=O) groups is 2. The number of carbonyl (C=O) groups excluding carboxylic acids is 2. The molecular formula is C19H29NO5. The van der Waals surface area contributed by atoms with Gasteiger partial charge >= 0.3 is 12.1 Å². The van der Waals surface area contributed by atoms with Crippen LogP contribution in [0, 0.1) is 0 Å². The molecule has 0 unspecified atom stereocenters. The Morgan fingerprint density at radius 2 is 1.76 bits per heavy atom. The fraction of sp³-hybridized carbons (Fsp3) is 0.579. The van der Waals surface area contributed by atoms with E-state index in [2.05, 4.69) is 0 Å². The third kappa shape index (κ3) is 6.74. The predicted molar refractivity (Wildman–Crippen MR) is 95.3 cm³/mol. The SMILES string of the molecule is CCOCc1ccccc1C[C@@H](C(=O)OC)N(C)C(=O)OC(C)(C)C. The molecule has 25 heavy (non-hydrogen) atoms. The summed E-state index contributed by atoms with van der Waals surface area (Å²) >= 11 is 0. The number of benzene rings is 1. The highest BCUT2D eigenvalue weighted by Gasteiger charge is 2.31. The maximum absolute atomic E-state index is 12.3. The third-order valence-electron chi connectivity index (χ3n) is 3.62. The van der Waals surface area contributed by atoms with Crippen molar-refractivity contribution in [3.8, 4) is 0 Å². The fourth-order valence-corrected chi connectivity index (χ4v) is 2.29. The first-order valence-electron chi connectivity index (χ1n) is 8.37. The first-order chi connectivity index (χ1) is 11.7. The van der Waals surface area contributed by atoms with Crippen LogP contribution in [0.5, 0.6) is 0 Å². The van der Waals surface area contributed by atoms with Crippen LogP contribution >= 0.6 is 0 Å². The maximum Gasteiger partial charge on any atom is 0.410 e. The van der Waals surface area contributed by atoms with Gasteiger partial charge in [0.15, 0.2) is 0 Å². The summed E-state index contributed by atoms with van der Waals surface area (Å²) < 4.78 is 15.7. The minimum atomic E-state index is -0.775. The van der Waals surface area contributed by atoms with E-state index >= 15 is 0 Å². The van der Waals surface area contributed by atoms with Gasteiger partial charge in [-0.15, -0.1) is 0 Å². The normalized spacial score (nSPS) is 12.4. The zero-order valence-corrected chi connectivity index (χ0v) is 16.0. The first kappa shape index (κ1) is 21.0. The highest BCUT2D eigenvalue weighted by molar-refractivity contribution is 5.81. The van der Waals surface area contributed by atoms with Gasteiger partial charge in [0, 0.05) is 20.1 Å². The highest BCUT2D eigenvalue weighted by Crippen LogP contribution is 2.18. The van der Waals surface area contributed by atoms with E-state index in [-0.39, 0.29) is 0 Å². The lowest BCUT2D eigenvalue weighted by molar-refractivity contribution is -0.146. The van der Waals surface area contributed by atoms with Gasteiger partial charge in [0.1, 0.15) is 11.6 Å². The molecule has 1 atom stereocenters.